The second-order valence-electron chi connectivity index (χ2n) is 5.06. The van der Waals surface area contributed by atoms with E-state index in [1.807, 2.05) is 6.29 Å². The van der Waals surface area contributed by atoms with Crippen LogP contribution in [0.5, 0.6) is 0 Å². The minimum absolute atomic E-state index is 0.0297. The van der Waals surface area contributed by atoms with Crippen molar-refractivity contribution in [2.75, 3.05) is 0 Å². The highest BCUT2D eigenvalue weighted by molar-refractivity contribution is 5.50. The van der Waals surface area contributed by atoms with E-state index >= 15 is 0 Å². The highest BCUT2D eigenvalue weighted by atomic mass is 16.6. The molecule has 0 amide bonds. The van der Waals surface area contributed by atoms with E-state index in [-0.39, 0.29) is 5.70 Å². The van der Waals surface area contributed by atoms with Crippen LogP contribution in [0.1, 0.15) is 77.6 Å². The first-order chi connectivity index (χ1) is 10.2. The number of hydrogen-bond acceptors (Lipinski definition) is 3. The van der Waals surface area contributed by atoms with Crippen molar-refractivity contribution in [3.05, 3.63) is 21.9 Å². The van der Waals surface area contributed by atoms with Crippen molar-refractivity contribution in [3.63, 3.8) is 0 Å². The zero-order valence-corrected chi connectivity index (χ0v) is 13.0. The summed E-state index contributed by atoms with van der Waals surface area (Å²) in [5, 5.41) is 10.9. The van der Waals surface area contributed by atoms with Gasteiger partial charge >= 0.3 is 5.70 Å². The Hall–Kier alpha value is -1.63. The summed E-state index contributed by atoms with van der Waals surface area (Å²) in [5.74, 6) is 5.53. The van der Waals surface area contributed by atoms with Gasteiger partial charge in [0, 0.05) is 24.8 Å². The summed E-state index contributed by atoms with van der Waals surface area (Å²) in [7, 11) is 0. The molecule has 0 aliphatic rings. The Balaban J connectivity index is 3.92. The van der Waals surface area contributed by atoms with Gasteiger partial charge in [0.25, 0.3) is 0 Å². The fraction of sp³-hybridized carbons (Fsp3) is 0.706. The topological polar surface area (TPSA) is 60.2 Å². The SMILES string of the molecule is CCCCCC/C=C(/C#CCCCCCC[C]=O)[N+](=O)[O-]. The van der Waals surface area contributed by atoms with Gasteiger partial charge in [0.1, 0.15) is 0 Å². The normalized spacial score (nSPS) is 10.8. The first-order valence-electron chi connectivity index (χ1n) is 7.90. The van der Waals surface area contributed by atoms with Gasteiger partial charge < -0.3 is 0 Å². The van der Waals surface area contributed by atoms with Gasteiger partial charge in [0.2, 0.25) is 0 Å². The lowest BCUT2D eigenvalue weighted by molar-refractivity contribution is -0.417. The molecule has 1 radical (unpaired) electrons. The van der Waals surface area contributed by atoms with E-state index in [2.05, 4.69) is 18.8 Å². The van der Waals surface area contributed by atoms with Gasteiger partial charge in [0.05, 0.1) is 4.92 Å². The molecule has 21 heavy (non-hydrogen) atoms. The highest BCUT2D eigenvalue weighted by Gasteiger charge is 2.04. The zero-order valence-electron chi connectivity index (χ0n) is 13.0. The largest absolute Gasteiger partial charge is 0.315 e. The third kappa shape index (κ3) is 13.1. The van der Waals surface area contributed by atoms with E-state index in [1.165, 1.54) is 6.42 Å². The van der Waals surface area contributed by atoms with E-state index in [0.29, 0.717) is 12.8 Å². The van der Waals surface area contributed by atoms with Crippen LogP contribution in [0.15, 0.2) is 11.8 Å². The van der Waals surface area contributed by atoms with Crippen LogP contribution < -0.4 is 0 Å². The Morgan fingerprint density at radius 1 is 1.05 bits per heavy atom. The Morgan fingerprint density at radius 2 is 1.71 bits per heavy atom. The Bertz CT molecular complexity index is 377. The minimum atomic E-state index is -0.396. The van der Waals surface area contributed by atoms with Gasteiger partial charge in [0.15, 0.2) is 6.29 Å². The average Bonchev–Trinajstić information content (AvgIpc) is 2.47. The third-order valence-corrected chi connectivity index (χ3v) is 3.14. The number of carbonyl (C=O) groups excluding carboxylic acids is 1. The summed E-state index contributed by atoms with van der Waals surface area (Å²) in [4.78, 5) is 20.5. The van der Waals surface area contributed by atoms with Crippen molar-refractivity contribution in [2.45, 2.75) is 77.6 Å². The summed E-state index contributed by atoms with van der Waals surface area (Å²) < 4.78 is 0. The molecule has 0 saturated carbocycles. The van der Waals surface area contributed by atoms with Crippen molar-refractivity contribution in [3.8, 4) is 11.8 Å². The molecule has 4 heteroatoms. The van der Waals surface area contributed by atoms with Gasteiger partial charge in [-0.3, -0.25) is 14.9 Å². The summed E-state index contributed by atoms with van der Waals surface area (Å²) in [6.45, 7) is 2.14. The average molecular weight is 292 g/mol. The molecule has 0 atom stereocenters. The first kappa shape index (κ1) is 19.4. The van der Waals surface area contributed by atoms with Gasteiger partial charge in [-0.15, -0.1) is 0 Å². The van der Waals surface area contributed by atoms with E-state index in [0.717, 1.165) is 51.4 Å². The van der Waals surface area contributed by atoms with Crippen LogP contribution in [0.25, 0.3) is 0 Å². The van der Waals surface area contributed by atoms with Crippen LogP contribution in [0, 0.1) is 22.0 Å². The minimum Gasteiger partial charge on any atom is -0.291 e. The van der Waals surface area contributed by atoms with Crippen LogP contribution in [0.2, 0.25) is 0 Å². The first-order valence-corrected chi connectivity index (χ1v) is 7.90. The highest BCUT2D eigenvalue weighted by Crippen LogP contribution is 2.07. The maximum absolute atomic E-state index is 10.9. The van der Waals surface area contributed by atoms with Gasteiger partial charge in [-0.1, -0.05) is 44.9 Å². The second-order valence-corrected chi connectivity index (χ2v) is 5.06. The van der Waals surface area contributed by atoms with Crippen LogP contribution in [0.3, 0.4) is 0 Å². The van der Waals surface area contributed by atoms with Crippen molar-refractivity contribution < 1.29 is 9.72 Å². The second kappa shape index (κ2) is 14.8. The van der Waals surface area contributed by atoms with Crippen molar-refractivity contribution >= 4 is 6.29 Å². The summed E-state index contributed by atoms with van der Waals surface area (Å²) in [6, 6.07) is 0. The molecular weight excluding hydrogens is 266 g/mol. The predicted molar refractivity (Wildman–Crippen MR) is 85.0 cm³/mol. The van der Waals surface area contributed by atoms with E-state index in [9.17, 15) is 14.9 Å². The number of nitrogens with zero attached hydrogens (tertiary/aromatic N) is 1. The molecule has 0 heterocycles. The van der Waals surface area contributed by atoms with E-state index < -0.39 is 4.92 Å². The van der Waals surface area contributed by atoms with Crippen molar-refractivity contribution in [2.24, 2.45) is 0 Å². The predicted octanol–water partition coefficient (Wildman–Crippen LogP) is 4.57. The molecule has 0 spiro atoms. The van der Waals surface area contributed by atoms with Crippen LogP contribution in [-0.4, -0.2) is 11.2 Å². The fourth-order valence-corrected chi connectivity index (χ4v) is 1.90. The number of rotatable bonds is 12. The smallest absolute Gasteiger partial charge is 0.291 e. The van der Waals surface area contributed by atoms with Gasteiger partial charge in [-0.25, -0.2) is 0 Å². The number of nitro groups is 1. The quantitative estimate of drug-likeness (QED) is 0.229. The molecule has 0 saturated heterocycles. The molecule has 0 bridgehead atoms. The van der Waals surface area contributed by atoms with Crippen LogP contribution >= 0.6 is 0 Å². The van der Waals surface area contributed by atoms with Gasteiger partial charge in [-0.05, 0) is 25.7 Å². The van der Waals surface area contributed by atoms with Crippen LogP contribution in [-0.2, 0) is 4.79 Å². The zero-order chi connectivity index (χ0) is 15.8. The molecule has 0 fully saturated rings. The molecule has 0 aromatic carbocycles. The lowest BCUT2D eigenvalue weighted by Gasteiger charge is -1.95. The maximum Gasteiger partial charge on any atom is 0.315 e. The van der Waals surface area contributed by atoms with Crippen molar-refractivity contribution in [1.29, 1.82) is 0 Å². The van der Waals surface area contributed by atoms with Crippen molar-refractivity contribution in [1.82, 2.24) is 0 Å². The fourth-order valence-electron chi connectivity index (χ4n) is 1.90. The number of allylic oxidation sites excluding steroid dienone is 2. The molecule has 0 rings (SSSR count). The molecule has 0 aromatic rings. The standard InChI is InChI=1S/C17H26NO3/c1-2-3-4-8-11-14-17(18(20)21)15-12-9-6-5-7-10-13-16-19/h14H,2-11,13H2,1H3/b17-14-. The Kier molecular flexibility index (Phi) is 13.6. The Morgan fingerprint density at radius 3 is 2.33 bits per heavy atom. The Labute approximate surface area is 128 Å². The lowest BCUT2D eigenvalue weighted by atomic mass is 10.1. The lowest BCUT2D eigenvalue weighted by Crippen LogP contribution is -1.96. The summed E-state index contributed by atoms with van der Waals surface area (Å²) in [5.41, 5.74) is 0.0297. The summed E-state index contributed by atoms with van der Waals surface area (Å²) in [6.07, 6.45) is 13.6. The maximum atomic E-state index is 10.9. The van der Waals surface area contributed by atoms with E-state index in [1.54, 1.807) is 6.08 Å². The molecular formula is C17H26NO3. The number of hydrogen-bond donors (Lipinski definition) is 0. The molecule has 4 nitrogen and oxygen atoms in total. The van der Waals surface area contributed by atoms with E-state index in [4.69, 9.17) is 0 Å². The molecule has 117 valence electrons. The molecule has 0 unspecified atom stereocenters. The molecule has 0 aromatic heterocycles. The molecule has 0 N–H and O–H groups in total. The summed E-state index contributed by atoms with van der Waals surface area (Å²) >= 11 is 0. The number of unbranched alkanes of at least 4 members (excludes halogenated alkanes) is 9. The molecule has 0 aliphatic carbocycles. The molecule has 0 aliphatic heterocycles. The van der Waals surface area contributed by atoms with Crippen LogP contribution in [0.4, 0.5) is 0 Å². The van der Waals surface area contributed by atoms with Gasteiger partial charge in [-0.2, -0.15) is 0 Å². The monoisotopic (exact) mass is 292 g/mol. The third-order valence-electron chi connectivity index (χ3n) is 3.14.